The summed E-state index contributed by atoms with van der Waals surface area (Å²) in [5, 5.41) is 0.487. The third-order valence-electron chi connectivity index (χ3n) is 2.99. The Morgan fingerprint density at radius 1 is 1.26 bits per heavy atom. The van der Waals surface area contributed by atoms with Gasteiger partial charge in [0.05, 0.1) is 10.6 Å². The fourth-order valence-corrected chi connectivity index (χ4v) is 2.21. The predicted molar refractivity (Wildman–Crippen MR) is 77.8 cm³/mol. The molecule has 0 fully saturated rings. The van der Waals surface area contributed by atoms with Gasteiger partial charge in [-0.2, -0.15) is 0 Å². The van der Waals surface area contributed by atoms with E-state index in [9.17, 15) is 4.79 Å². The van der Waals surface area contributed by atoms with Crippen LogP contribution in [0.2, 0.25) is 5.02 Å². The first-order valence-electron chi connectivity index (χ1n) is 6.13. The standard InChI is InChI=1S/C15H15ClN2O/c1-2-18(10-12-6-8-17-9-7-12)15-5-3-4-14(16)13(15)11-19/h3-9,11H,2,10H2,1H3. The van der Waals surface area contributed by atoms with Crippen molar-refractivity contribution in [3.63, 3.8) is 0 Å². The van der Waals surface area contributed by atoms with E-state index >= 15 is 0 Å². The van der Waals surface area contributed by atoms with Gasteiger partial charge in [-0.15, -0.1) is 0 Å². The van der Waals surface area contributed by atoms with Crippen molar-refractivity contribution in [2.75, 3.05) is 11.4 Å². The summed E-state index contributed by atoms with van der Waals surface area (Å²) in [7, 11) is 0. The van der Waals surface area contributed by atoms with Crippen LogP contribution in [0.5, 0.6) is 0 Å². The van der Waals surface area contributed by atoms with Gasteiger partial charge >= 0.3 is 0 Å². The number of benzene rings is 1. The first kappa shape index (κ1) is 13.6. The zero-order valence-electron chi connectivity index (χ0n) is 10.7. The molecule has 0 spiro atoms. The van der Waals surface area contributed by atoms with Gasteiger partial charge in [-0.25, -0.2) is 0 Å². The number of nitrogens with zero attached hydrogens (tertiary/aromatic N) is 2. The van der Waals surface area contributed by atoms with E-state index < -0.39 is 0 Å². The Morgan fingerprint density at radius 2 is 2.00 bits per heavy atom. The van der Waals surface area contributed by atoms with Crippen LogP contribution in [0.1, 0.15) is 22.8 Å². The van der Waals surface area contributed by atoms with Crippen LogP contribution in [0.15, 0.2) is 42.7 Å². The summed E-state index contributed by atoms with van der Waals surface area (Å²) < 4.78 is 0. The summed E-state index contributed by atoms with van der Waals surface area (Å²) in [5.41, 5.74) is 2.55. The predicted octanol–water partition coefficient (Wildman–Crippen LogP) is 3.57. The average molecular weight is 275 g/mol. The maximum absolute atomic E-state index is 11.2. The van der Waals surface area contributed by atoms with Crippen LogP contribution in [0.25, 0.3) is 0 Å². The van der Waals surface area contributed by atoms with Crippen LogP contribution in [-0.4, -0.2) is 17.8 Å². The van der Waals surface area contributed by atoms with Gasteiger partial charge in [0.25, 0.3) is 0 Å². The van der Waals surface area contributed by atoms with Gasteiger partial charge in [0, 0.05) is 31.2 Å². The quantitative estimate of drug-likeness (QED) is 0.782. The van der Waals surface area contributed by atoms with E-state index in [0.29, 0.717) is 10.6 Å². The van der Waals surface area contributed by atoms with Crippen LogP contribution in [-0.2, 0) is 6.54 Å². The second-order valence-electron chi connectivity index (χ2n) is 4.16. The third kappa shape index (κ3) is 3.12. The average Bonchev–Trinajstić information content (AvgIpc) is 2.45. The zero-order chi connectivity index (χ0) is 13.7. The summed E-state index contributed by atoms with van der Waals surface area (Å²) >= 11 is 6.07. The second kappa shape index (κ2) is 6.34. The van der Waals surface area contributed by atoms with E-state index in [4.69, 9.17) is 11.6 Å². The zero-order valence-corrected chi connectivity index (χ0v) is 11.5. The molecule has 4 heteroatoms. The number of aromatic nitrogens is 1. The lowest BCUT2D eigenvalue weighted by molar-refractivity contribution is 0.112. The third-order valence-corrected chi connectivity index (χ3v) is 3.32. The smallest absolute Gasteiger partial charge is 0.153 e. The lowest BCUT2D eigenvalue weighted by Gasteiger charge is -2.25. The number of halogens is 1. The van der Waals surface area contributed by atoms with E-state index in [2.05, 4.69) is 16.8 Å². The molecule has 19 heavy (non-hydrogen) atoms. The number of carbonyl (C=O) groups excluding carboxylic acids is 1. The largest absolute Gasteiger partial charge is 0.367 e. The molecule has 0 saturated heterocycles. The highest BCUT2D eigenvalue weighted by Gasteiger charge is 2.12. The van der Waals surface area contributed by atoms with Crippen molar-refractivity contribution in [1.29, 1.82) is 0 Å². The summed E-state index contributed by atoms with van der Waals surface area (Å²) in [4.78, 5) is 17.3. The highest BCUT2D eigenvalue weighted by atomic mass is 35.5. The molecular weight excluding hydrogens is 260 g/mol. The molecule has 2 aromatic rings. The van der Waals surface area contributed by atoms with Gasteiger partial charge in [0.1, 0.15) is 0 Å². The molecule has 1 aromatic carbocycles. The Morgan fingerprint density at radius 3 is 2.63 bits per heavy atom. The van der Waals surface area contributed by atoms with E-state index in [1.165, 1.54) is 0 Å². The van der Waals surface area contributed by atoms with E-state index in [0.717, 1.165) is 30.6 Å². The molecule has 0 amide bonds. The molecule has 1 aromatic heterocycles. The Kier molecular flexibility index (Phi) is 4.53. The molecule has 0 saturated carbocycles. The number of hydrogen-bond donors (Lipinski definition) is 0. The molecule has 0 unspecified atom stereocenters. The molecule has 0 aliphatic rings. The molecule has 1 heterocycles. The fraction of sp³-hybridized carbons (Fsp3) is 0.200. The topological polar surface area (TPSA) is 33.2 Å². The summed E-state index contributed by atoms with van der Waals surface area (Å²) in [5.74, 6) is 0. The van der Waals surface area contributed by atoms with Crippen molar-refractivity contribution in [2.24, 2.45) is 0 Å². The SMILES string of the molecule is CCN(Cc1ccncc1)c1cccc(Cl)c1C=O. The van der Waals surface area contributed by atoms with Crippen molar-refractivity contribution in [1.82, 2.24) is 4.98 Å². The van der Waals surface area contributed by atoms with E-state index in [1.807, 2.05) is 24.3 Å². The molecule has 0 atom stereocenters. The van der Waals surface area contributed by atoms with Gasteiger partial charge in [-0.05, 0) is 36.8 Å². The van der Waals surface area contributed by atoms with E-state index in [-0.39, 0.29) is 0 Å². The number of anilines is 1. The summed E-state index contributed by atoms with van der Waals surface area (Å²) in [6.07, 6.45) is 4.34. The van der Waals surface area contributed by atoms with Gasteiger partial charge in [-0.3, -0.25) is 9.78 Å². The summed E-state index contributed by atoms with van der Waals surface area (Å²) in [6.45, 7) is 3.57. The highest BCUT2D eigenvalue weighted by molar-refractivity contribution is 6.33. The maximum atomic E-state index is 11.2. The van der Waals surface area contributed by atoms with Gasteiger partial charge in [-0.1, -0.05) is 17.7 Å². The van der Waals surface area contributed by atoms with Crippen molar-refractivity contribution >= 4 is 23.6 Å². The Labute approximate surface area is 117 Å². The monoisotopic (exact) mass is 274 g/mol. The van der Waals surface area contributed by atoms with Crippen LogP contribution >= 0.6 is 11.6 Å². The summed E-state index contributed by atoms with van der Waals surface area (Å²) in [6, 6.07) is 9.44. The van der Waals surface area contributed by atoms with Crippen LogP contribution in [0, 0.1) is 0 Å². The molecule has 2 rings (SSSR count). The van der Waals surface area contributed by atoms with Crippen molar-refractivity contribution < 1.29 is 4.79 Å². The number of carbonyl (C=O) groups is 1. The molecule has 0 radical (unpaired) electrons. The number of aldehydes is 1. The van der Waals surface area contributed by atoms with Gasteiger partial charge < -0.3 is 4.90 Å². The van der Waals surface area contributed by atoms with Crippen LogP contribution in [0.4, 0.5) is 5.69 Å². The minimum absolute atomic E-state index is 0.487. The molecule has 98 valence electrons. The number of hydrogen-bond acceptors (Lipinski definition) is 3. The van der Waals surface area contributed by atoms with Crippen molar-refractivity contribution in [2.45, 2.75) is 13.5 Å². The number of rotatable bonds is 5. The first-order chi connectivity index (χ1) is 9.26. The molecule has 0 aliphatic heterocycles. The lowest BCUT2D eigenvalue weighted by atomic mass is 10.1. The van der Waals surface area contributed by atoms with Crippen LogP contribution < -0.4 is 4.90 Å². The maximum Gasteiger partial charge on any atom is 0.153 e. The lowest BCUT2D eigenvalue weighted by Crippen LogP contribution is -2.23. The van der Waals surface area contributed by atoms with E-state index in [1.54, 1.807) is 18.5 Å². The van der Waals surface area contributed by atoms with Crippen LogP contribution in [0.3, 0.4) is 0 Å². The minimum atomic E-state index is 0.487. The number of pyridine rings is 1. The van der Waals surface area contributed by atoms with Crippen molar-refractivity contribution in [3.8, 4) is 0 Å². The molecular formula is C15H15ClN2O. The molecule has 3 nitrogen and oxygen atoms in total. The Bertz CT molecular complexity index is 557. The molecule has 0 bridgehead atoms. The second-order valence-corrected chi connectivity index (χ2v) is 4.57. The Balaban J connectivity index is 2.32. The van der Waals surface area contributed by atoms with Gasteiger partial charge in [0.2, 0.25) is 0 Å². The normalized spacial score (nSPS) is 10.2. The van der Waals surface area contributed by atoms with Crippen molar-refractivity contribution in [3.05, 3.63) is 58.9 Å². The minimum Gasteiger partial charge on any atom is -0.367 e. The molecule has 0 aliphatic carbocycles. The Hall–Kier alpha value is -1.87. The van der Waals surface area contributed by atoms with Gasteiger partial charge in [0.15, 0.2) is 6.29 Å². The first-order valence-corrected chi connectivity index (χ1v) is 6.51. The molecule has 0 N–H and O–H groups in total. The highest BCUT2D eigenvalue weighted by Crippen LogP contribution is 2.26. The fourth-order valence-electron chi connectivity index (χ4n) is 1.99.